The lowest BCUT2D eigenvalue weighted by atomic mass is 9.98. The zero-order chi connectivity index (χ0) is 27.5. The van der Waals surface area contributed by atoms with Crippen LogP contribution in [0.4, 0.5) is 4.79 Å². The third-order valence-corrected chi connectivity index (χ3v) is 5.99. The summed E-state index contributed by atoms with van der Waals surface area (Å²) >= 11 is 0. The predicted molar refractivity (Wildman–Crippen MR) is 143 cm³/mol. The molecule has 2 amide bonds. The maximum Gasteiger partial charge on any atom is 0.407 e. The number of alkyl carbamates (subject to hydrolysis) is 1. The summed E-state index contributed by atoms with van der Waals surface area (Å²) in [5.41, 5.74) is 3.68. The van der Waals surface area contributed by atoms with Crippen LogP contribution >= 0.6 is 0 Å². The van der Waals surface area contributed by atoms with Crippen molar-refractivity contribution in [3.63, 3.8) is 0 Å². The fourth-order valence-corrected chi connectivity index (χ4v) is 4.27. The highest BCUT2D eigenvalue weighted by atomic mass is 16.6. The van der Waals surface area contributed by atoms with Gasteiger partial charge in [0.25, 0.3) is 0 Å². The second-order valence-electron chi connectivity index (χ2n) is 10.0. The van der Waals surface area contributed by atoms with E-state index in [9.17, 15) is 14.4 Å². The molecule has 38 heavy (non-hydrogen) atoms. The van der Waals surface area contributed by atoms with E-state index >= 15 is 0 Å². The molecule has 2 N–H and O–H groups in total. The van der Waals surface area contributed by atoms with Crippen molar-refractivity contribution in [1.82, 2.24) is 10.6 Å². The molecule has 0 bridgehead atoms. The van der Waals surface area contributed by atoms with Crippen molar-refractivity contribution in [3.8, 4) is 11.1 Å². The topological polar surface area (TPSA) is 112 Å². The second kappa shape index (κ2) is 13.9. The zero-order valence-electron chi connectivity index (χ0n) is 22.6. The molecule has 0 radical (unpaired) electrons. The van der Waals surface area contributed by atoms with Crippen LogP contribution in [0.25, 0.3) is 11.1 Å². The highest BCUT2D eigenvalue weighted by Gasteiger charge is 2.31. The molecule has 0 heterocycles. The van der Waals surface area contributed by atoms with Crippen LogP contribution in [0.15, 0.2) is 48.5 Å². The number of fused-ring (bicyclic) bond motifs is 3. The minimum Gasteiger partial charge on any atom is -0.458 e. The van der Waals surface area contributed by atoms with Crippen LogP contribution in [0.5, 0.6) is 0 Å². The summed E-state index contributed by atoms with van der Waals surface area (Å²) in [6.07, 6.45) is -0.657. The standard InChI is InChI=1S/C29H38N2O7/c1-29(2,3)38-27(33)25(13-14-26(32)30-15-16-36-18-17-35-4)31-28(34)37-19-24-22-11-7-5-9-20(22)21-10-6-8-12-23(21)24/h5-12,24-25H,13-19H2,1-4H3,(H,30,32)(H,31,34). The van der Waals surface area contributed by atoms with Crippen molar-refractivity contribution in [3.05, 3.63) is 59.7 Å². The number of methoxy groups -OCH3 is 1. The van der Waals surface area contributed by atoms with Gasteiger partial charge in [-0.25, -0.2) is 9.59 Å². The maximum atomic E-state index is 12.8. The van der Waals surface area contributed by atoms with Crippen LogP contribution in [0.1, 0.15) is 50.7 Å². The van der Waals surface area contributed by atoms with E-state index in [4.69, 9.17) is 18.9 Å². The van der Waals surface area contributed by atoms with Crippen molar-refractivity contribution in [2.75, 3.05) is 40.1 Å². The van der Waals surface area contributed by atoms with E-state index in [1.807, 2.05) is 36.4 Å². The van der Waals surface area contributed by atoms with Gasteiger partial charge in [0.2, 0.25) is 5.91 Å². The van der Waals surface area contributed by atoms with Crippen LogP contribution in [0.2, 0.25) is 0 Å². The lowest BCUT2D eigenvalue weighted by molar-refractivity contribution is -0.157. The Morgan fingerprint density at radius 3 is 2.16 bits per heavy atom. The molecule has 0 aliphatic heterocycles. The van der Waals surface area contributed by atoms with Gasteiger partial charge in [0.05, 0.1) is 19.8 Å². The number of carbonyl (C=O) groups is 3. The van der Waals surface area contributed by atoms with Gasteiger partial charge in [-0.05, 0) is 49.4 Å². The van der Waals surface area contributed by atoms with Gasteiger partial charge in [-0.15, -0.1) is 0 Å². The molecule has 1 unspecified atom stereocenters. The summed E-state index contributed by atoms with van der Waals surface area (Å²) in [5.74, 6) is -0.991. The first-order valence-electron chi connectivity index (χ1n) is 12.9. The third-order valence-electron chi connectivity index (χ3n) is 5.99. The molecule has 0 fully saturated rings. The Bertz CT molecular complexity index is 1050. The largest absolute Gasteiger partial charge is 0.458 e. The van der Waals surface area contributed by atoms with Gasteiger partial charge in [-0.3, -0.25) is 4.79 Å². The Hall–Kier alpha value is -3.43. The Morgan fingerprint density at radius 1 is 0.921 bits per heavy atom. The number of hydrogen-bond acceptors (Lipinski definition) is 7. The first-order chi connectivity index (χ1) is 18.2. The molecule has 0 aromatic heterocycles. The van der Waals surface area contributed by atoms with Crippen molar-refractivity contribution in [2.45, 2.75) is 51.2 Å². The zero-order valence-corrected chi connectivity index (χ0v) is 22.6. The summed E-state index contributed by atoms with van der Waals surface area (Å²) in [7, 11) is 1.59. The van der Waals surface area contributed by atoms with E-state index in [-0.39, 0.29) is 31.3 Å². The average Bonchev–Trinajstić information content (AvgIpc) is 3.20. The van der Waals surface area contributed by atoms with Gasteiger partial charge >= 0.3 is 12.1 Å². The SMILES string of the molecule is COCCOCCNC(=O)CCC(NC(=O)OCC1c2ccccc2-c2ccccc21)C(=O)OC(C)(C)C. The summed E-state index contributed by atoms with van der Waals surface area (Å²) in [6, 6.07) is 15.1. The monoisotopic (exact) mass is 526 g/mol. The molecule has 1 aliphatic carbocycles. The van der Waals surface area contributed by atoms with Crippen molar-refractivity contribution in [2.24, 2.45) is 0 Å². The summed E-state index contributed by atoms with van der Waals surface area (Å²) in [4.78, 5) is 37.9. The van der Waals surface area contributed by atoms with Gasteiger partial charge in [0.15, 0.2) is 0 Å². The molecule has 0 saturated heterocycles. The van der Waals surface area contributed by atoms with Crippen molar-refractivity contribution >= 4 is 18.0 Å². The van der Waals surface area contributed by atoms with Crippen LogP contribution in [0.3, 0.4) is 0 Å². The van der Waals surface area contributed by atoms with Gasteiger partial charge < -0.3 is 29.6 Å². The quantitative estimate of drug-likeness (QED) is 0.302. The normalized spacial score (nSPS) is 13.3. The average molecular weight is 527 g/mol. The molecule has 0 saturated carbocycles. The number of rotatable bonds is 13. The van der Waals surface area contributed by atoms with Crippen LogP contribution in [-0.4, -0.2) is 69.7 Å². The molecule has 9 nitrogen and oxygen atoms in total. The molecule has 1 atom stereocenters. The third kappa shape index (κ3) is 8.56. The first-order valence-corrected chi connectivity index (χ1v) is 12.9. The van der Waals surface area contributed by atoms with Gasteiger partial charge in [0, 0.05) is 26.0 Å². The highest BCUT2D eigenvalue weighted by molar-refractivity contribution is 5.83. The number of carbonyl (C=O) groups excluding carboxylic acids is 3. The maximum absolute atomic E-state index is 12.8. The summed E-state index contributed by atoms with van der Waals surface area (Å²) in [5, 5.41) is 5.34. The number of amides is 2. The number of hydrogen-bond donors (Lipinski definition) is 2. The Labute approximate surface area is 224 Å². The predicted octanol–water partition coefficient (Wildman–Crippen LogP) is 3.79. The smallest absolute Gasteiger partial charge is 0.407 e. The summed E-state index contributed by atoms with van der Waals surface area (Å²) < 4.78 is 21.3. The van der Waals surface area contributed by atoms with Gasteiger partial charge in [-0.2, -0.15) is 0 Å². The molecule has 2 aromatic carbocycles. The van der Waals surface area contributed by atoms with Crippen LogP contribution < -0.4 is 10.6 Å². The number of benzene rings is 2. The lowest BCUT2D eigenvalue weighted by Crippen LogP contribution is -2.45. The van der Waals surface area contributed by atoms with E-state index in [0.29, 0.717) is 26.4 Å². The van der Waals surface area contributed by atoms with Gasteiger partial charge in [0.1, 0.15) is 18.2 Å². The highest BCUT2D eigenvalue weighted by Crippen LogP contribution is 2.44. The minimum absolute atomic E-state index is 0.0195. The fourth-order valence-electron chi connectivity index (χ4n) is 4.27. The van der Waals surface area contributed by atoms with E-state index in [1.165, 1.54) is 0 Å². The Kier molecular flexibility index (Phi) is 10.7. The fraction of sp³-hybridized carbons (Fsp3) is 0.483. The molecule has 3 rings (SSSR count). The molecular formula is C29H38N2O7. The molecule has 2 aromatic rings. The first kappa shape index (κ1) is 29.1. The van der Waals surface area contributed by atoms with Crippen LogP contribution in [-0.2, 0) is 28.5 Å². The van der Waals surface area contributed by atoms with E-state index in [0.717, 1.165) is 22.3 Å². The Morgan fingerprint density at radius 2 is 1.55 bits per heavy atom. The van der Waals surface area contributed by atoms with Crippen LogP contribution in [0, 0.1) is 0 Å². The molecule has 9 heteroatoms. The van der Waals surface area contributed by atoms with Gasteiger partial charge in [-0.1, -0.05) is 48.5 Å². The molecule has 206 valence electrons. The second-order valence-corrected chi connectivity index (χ2v) is 10.0. The number of esters is 1. The molecule has 1 aliphatic rings. The van der Waals surface area contributed by atoms with E-state index in [2.05, 4.69) is 22.8 Å². The van der Waals surface area contributed by atoms with E-state index in [1.54, 1.807) is 27.9 Å². The van der Waals surface area contributed by atoms with Crippen molar-refractivity contribution in [1.29, 1.82) is 0 Å². The number of nitrogens with one attached hydrogen (secondary N) is 2. The Balaban J connectivity index is 1.55. The molecular weight excluding hydrogens is 488 g/mol. The minimum atomic E-state index is -1.03. The lowest BCUT2D eigenvalue weighted by Gasteiger charge is -2.24. The summed E-state index contributed by atoms with van der Waals surface area (Å²) in [6.45, 7) is 6.94. The number of ether oxygens (including phenoxy) is 4. The van der Waals surface area contributed by atoms with Crippen molar-refractivity contribution < 1.29 is 33.3 Å². The van der Waals surface area contributed by atoms with E-state index < -0.39 is 23.7 Å². The molecule has 0 spiro atoms.